The molecule has 4 aromatic rings. The Morgan fingerprint density at radius 3 is 2.70 bits per heavy atom. The first-order valence-electron chi connectivity index (χ1n) is 12.8. The quantitative estimate of drug-likeness (QED) is 0.311. The number of aliphatic hydroxyl groups excluding tert-OH is 1. The van der Waals surface area contributed by atoms with Crippen LogP contribution in [-0.4, -0.2) is 59.6 Å². The number of fused-ring (bicyclic) bond motifs is 1. The van der Waals surface area contributed by atoms with Gasteiger partial charge in [-0.3, -0.25) is 9.36 Å². The third kappa shape index (κ3) is 5.45. The number of aliphatic hydroxyl groups is 2. The van der Waals surface area contributed by atoms with Gasteiger partial charge < -0.3 is 20.3 Å². The summed E-state index contributed by atoms with van der Waals surface area (Å²) in [6.07, 6.45) is 8.65. The molecule has 1 aliphatic carbocycles. The van der Waals surface area contributed by atoms with Crippen LogP contribution in [0.15, 0.2) is 48.9 Å². The molecule has 0 aliphatic heterocycles. The second kappa shape index (κ2) is 10.5. The van der Waals surface area contributed by atoms with Crippen LogP contribution in [0.4, 0.5) is 10.2 Å². The van der Waals surface area contributed by atoms with Gasteiger partial charge in [0.05, 0.1) is 37.0 Å². The van der Waals surface area contributed by atoms with E-state index in [1.807, 2.05) is 25.4 Å². The van der Waals surface area contributed by atoms with Crippen LogP contribution in [0.5, 0.6) is 5.75 Å². The lowest BCUT2D eigenvalue weighted by Crippen LogP contribution is -2.34. The number of rotatable bonds is 9. The Morgan fingerprint density at radius 1 is 1.19 bits per heavy atom. The zero-order valence-electron chi connectivity index (χ0n) is 21.1. The van der Waals surface area contributed by atoms with Crippen LogP contribution in [0.25, 0.3) is 22.2 Å². The molecule has 5 rings (SSSR count). The Labute approximate surface area is 214 Å². The van der Waals surface area contributed by atoms with Crippen molar-refractivity contribution in [3.05, 3.63) is 54.7 Å². The molecule has 1 unspecified atom stereocenters. The molecule has 3 aromatic heterocycles. The summed E-state index contributed by atoms with van der Waals surface area (Å²) in [5, 5.41) is 33.2. The lowest BCUT2D eigenvalue weighted by atomic mass is 9.93. The van der Waals surface area contributed by atoms with Gasteiger partial charge in [-0.2, -0.15) is 10.2 Å². The summed E-state index contributed by atoms with van der Waals surface area (Å²) >= 11 is 0. The summed E-state index contributed by atoms with van der Waals surface area (Å²) in [5.41, 5.74) is 1.29. The van der Waals surface area contributed by atoms with E-state index in [-0.39, 0.29) is 31.1 Å². The topological polar surface area (TPSA) is 110 Å². The number of anilines is 1. The fraction of sp³-hybridized carbons (Fsp3) is 0.444. The first-order chi connectivity index (χ1) is 17.9. The number of aromatic nitrogens is 5. The number of pyridine rings is 1. The van der Waals surface area contributed by atoms with Gasteiger partial charge in [-0.1, -0.05) is 12.1 Å². The van der Waals surface area contributed by atoms with Gasteiger partial charge in [-0.25, -0.2) is 9.37 Å². The predicted octanol–water partition coefficient (Wildman–Crippen LogP) is 4.17. The highest BCUT2D eigenvalue weighted by molar-refractivity contribution is 5.93. The molecule has 0 bridgehead atoms. The molecule has 9 nitrogen and oxygen atoms in total. The van der Waals surface area contributed by atoms with Crippen molar-refractivity contribution < 1.29 is 19.3 Å². The fourth-order valence-electron chi connectivity index (χ4n) is 4.90. The molecule has 0 radical (unpaired) electrons. The van der Waals surface area contributed by atoms with Gasteiger partial charge in [0.1, 0.15) is 17.1 Å². The Bertz CT molecular complexity index is 1360. The van der Waals surface area contributed by atoms with Gasteiger partial charge in [0, 0.05) is 36.0 Å². The van der Waals surface area contributed by atoms with Crippen LogP contribution in [0.2, 0.25) is 0 Å². The number of benzene rings is 1. The van der Waals surface area contributed by atoms with Crippen molar-refractivity contribution in [1.82, 2.24) is 24.5 Å². The lowest BCUT2D eigenvalue weighted by Gasteiger charge is -2.29. The smallest absolute Gasteiger partial charge is 0.165 e. The average Bonchev–Trinajstić information content (AvgIpc) is 3.50. The average molecular weight is 509 g/mol. The summed E-state index contributed by atoms with van der Waals surface area (Å²) in [4.78, 5) is 4.57. The van der Waals surface area contributed by atoms with Gasteiger partial charge in [0.25, 0.3) is 0 Å². The number of halogens is 1. The van der Waals surface area contributed by atoms with Crippen LogP contribution >= 0.6 is 0 Å². The Morgan fingerprint density at radius 2 is 1.97 bits per heavy atom. The lowest BCUT2D eigenvalue weighted by molar-refractivity contribution is -0.0145. The Balaban J connectivity index is 1.41. The number of hydrogen-bond donors (Lipinski definition) is 3. The Kier molecular flexibility index (Phi) is 7.12. The van der Waals surface area contributed by atoms with Crippen molar-refractivity contribution >= 4 is 16.7 Å². The third-order valence-electron chi connectivity index (χ3n) is 6.82. The van der Waals surface area contributed by atoms with Crippen LogP contribution in [0, 0.1) is 5.82 Å². The van der Waals surface area contributed by atoms with Gasteiger partial charge in [0.15, 0.2) is 11.6 Å². The van der Waals surface area contributed by atoms with Crippen molar-refractivity contribution in [2.75, 3.05) is 18.5 Å². The molecular formula is C27H33FN6O3. The van der Waals surface area contributed by atoms with E-state index in [0.717, 1.165) is 60.2 Å². The molecule has 10 heteroatoms. The predicted molar refractivity (Wildman–Crippen MR) is 139 cm³/mol. The maximum Gasteiger partial charge on any atom is 0.165 e. The molecule has 1 aliphatic rings. The molecule has 1 fully saturated rings. The van der Waals surface area contributed by atoms with Crippen molar-refractivity contribution in [1.29, 1.82) is 0 Å². The van der Waals surface area contributed by atoms with Crippen molar-refractivity contribution in [2.45, 2.75) is 63.8 Å². The number of ether oxygens (including phenoxy) is 1. The summed E-state index contributed by atoms with van der Waals surface area (Å²) in [6.45, 7) is 4.16. The summed E-state index contributed by atoms with van der Waals surface area (Å²) in [5.74, 6) is 0.752. The largest absolute Gasteiger partial charge is 0.487 e. The maximum atomic E-state index is 14.1. The van der Waals surface area contributed by atoms with E-state index in [1.165, 1.54) is 6.07 Å². The van der Waals surface area contributed by atoms with E-state index in [4.69, 9.17) is 9.84 Å². The molecule has 0 spiro atoms. The third-order valence-corrected chi connectivity index (χ3v) is 6.82. The molecule has 0 saturated heterocycles. The second-order valence-corrected chi connectivity index (χ2v) is 9.97. The van der Waals surface area contributed by atoms with Crippen molar-refractivity contribution in [3.63, 3.8) is 0 Å². The first-order valence-corrected chi connectivity index (χ1v) is 12.8. The summed E-state index contributed by atoms with van der Waals surface area (Å²) in [6, 6.07) is 8.72. The number of para-hydroxylation sites is 1. The second-order valence-electron chi connectivity index (χ2n) is 9.97. The zero-order valence-corrected chi connectivity index (χ0v) is 21.1. The first kappa shape index (κ1) is 25.2. The van der Waals surface area contributed by atoms with Gasteiger partial charge >= 0.3 is 0 Å². The SMILES string of the molecule is CCNc1cc2c(cn1)c(-c1cnn(CC(C)(O)CO)c1)nn2[C@H]1CC[C@@H](Oc2ccccc2F)CC1. The minimum atomic E-state index is -1.27. The van der Waals surface area contributed by atoms with Crippen LogP contribution in [0.1, 0.15) is 45.6 Å². The highest BCUT2D eigenvalue weighted by Crippen LogP contribution is 2.36. The summed E-state index contributed by atoms with van der Waals surface area (Å²) < 4.78 is 23.7. The number of nitrogens with one attached hydrogen (secondary N) is 1. The molecule has 0 amide bonds. The Hall–Kier alpha value is -3.50. The number of nitrogens with zero attached hydrogens (tertiary/aromatic N) is 5. The van der Waals surface area contributed by atoms with E-state index >= 15 is 0 Å². The molecule has 37 heavy (non-hydrogen) atoms. The molecule has 1 atom stereocenters. The van der Waals surface area contributed by atoms with E-state index in [9.17, 15) is 14.6 Å². The summed E-state index contributed by atoms with van der Waals surface area (Å²) in [7, 11) is 0. The molecule has 196 valence electrons. The van der Waals surface area contributed by atoms with Gasteiger partial charge in [0.2, 0.25) is 0 Å². The molecular weight excluding hydrogens is 475 g/mol. The normalized spacial score (nSPS) is 19.6. The zero-order chi connectivity index (χ0) is 26.0. The van der Waals surface area contributed by atoms with E-state index in [2.05, 4.69) is 20.1 Å². The molecule has 1 saturated carbocycles. The van der Waals surface area contributed by atoms with Crippen LogP contribution in [-0.2, 0) is 6.54 Å². The highest BCUT2D eigenvalue weighted by Gasteiger charge is 2.28. The van der Waals surface area contributed by atoms with Crippen LogP contribution in [0.3, 0.4) is 0 Å². The van der Waals surface area contributed by atoms with E-state index < -0.39 is 5.60 Å². The highest BCUT2D eigenvalue weighted by atomic mass is 19.1. The van der Waals surface area contributed by atoms with Crippen molar-refractivity contribution in [2.24, 2.45) is 0 Å². The molecule has 3 heterocycles. The van der Waals surface area contributed by atoms with Gasteiger partial charge in [-0.05, 0) is 51.7 Å². The van der Waals surface area contributed by atoms with Gasteiger partial charge in [-0.15, -0.1) is 0 Å². The monoisotopic (exact) mass is 508 g/mol. The minimum absolute atomic E-state index is 0.0361. The van der Waals surface area contributed by atoms with Crippen molar-refractivity contribution in [3.8, 4) is 17.0 Å². The fourth-order valence-corrected chi connectivity index (χ4v) is 4.90. The molecule has 3 N–H and O–H groups in total. The van der Waals surface area contributed by atoms with Crippen LogP contribution < -0.4 is 10.1 Å². The number of hydrogen-bond acceptors (Lipinski definition) is 7. The van der Waals surface area contributed by atoms with E-state index in [0.29, 0.717) is 5.75 Å². The maximum absolute atomic E-state index is 14.1. The standard InChI is InChI=1S/C27H33FN6O3/c1-3-29-25-12-23-21(14-30-25)26(18-13-31-33(15-18)16-27(2,36)17-35)32-34(23)19-8-10-20(11-9-19)37-24-7-5-4-6-22(24)28/h4-7,12-15,19-20,35-36H,3,8-11,16-17H2,1-2H3,(H,29,30)/t19-,20+,27?. The van der Waals surface area contributed by atoms with E-state index in [1.54, 1.807) is 36.0 Å². The minimum Gasteiger partial charge on any atom is -0.487 e. The molecule has 1 aromatic carbocycles.